The zero-order valence-electron chi connectivity index (χ0n) is 5.40. The fraction of sp³-hybridized carbons (Fsp3) is 1.00. The maximum atomic E-state index is 11.4. The van der Waals surface area contributed by atoms with E-state index in [4.69, 9.17) is 4.55 Å². The molecule has 0 rings (SSSR count). The SMILES string of the molecule is O=S(O)CCCOP(=O)(F)F. The molecule has 0 spiro atoms. The van der Waals surface area contributed by atoms with Crippen molar-refractivity contribution < 1.29 is 26.2 Å². The second kappa shape index (κ2) is 4.92. The third-order valence-electron chi connectivity index (χ3n) is 0.705. The van der Waals surface area contributed by atoms with Crippen molar-refractivity contribution in [1.82, 2.24) is 0 Å². The van der Waals surface area contributed by atoms with Gasteiger partial charge in [0.25, 0.3) is 0 Å². The van der Waals surface area contributed by atoms with Gasteiger partial charge in [-0.1, -0.05) is 0 Å². The largest absolute Gasteiger partial charge is 0.551 e. The smallest absolute Gasteiger partial charge is 0.306 e. The molecule has 0 heterocycles. The lowest BCUT2D eigenvalue weighted by molar-refractivity contribution is 0.256. The van der Waals surface area contributed by atoms with Gasteiger partial charge in [0.1, 0.15) is 0 Å². The van der Waals surface area contributed by atoms with E-state index in [0.29, 0.717) is 0 Å². The van der Waals surface area contributed by atoms with Gasteiger partial charge < -0.3 is 4.55 Å². The summed E-state index contributed by atoms with van der Waals surface area (Å²) in [6, 6.07) is 0. The van der Waals surface area contributed by atoms with Crippen LogP contribution in [-0.2, 0) is 20.2 Å². The second-order valence-electron chi connectivity index (χ2n) is 1.63. The van der Waals surface area contributed by atoms with Crippen LogP contribution in [0.1, 0.15) is 6.42 Å². The molecular formula is C3H7F2O4PS. The van der Waals surface area contributed by atoms with Crippen LogP contribution in [0.2, 0.25) is 0 Å². The first-order chi connectivity index (χ1) is 4.92. The van der Waals surface area contributed by atoms with Crippen LogP contribution in [0.3, 0.4) is 0 Å². The van der Waals surface area contributed by atoms with E-state index >= 15 is 0 Å². The van der Waals surface area contributed by atoms with Gasteiger partial charge in [0.2, 0.25) is 0 Å². The summed E-state index contributed by atoms with van der Waals surface area (Å²) in [5, 5.41) is 0. The standard InChI is InChI=1S/C3H7F2O4PS/c4-10(5,6)9-2-1-3-11(7)8/h1-3H2,(H,7,8). The molecule has 11 heavy (non-hydrogen) atoms. The Labute approximate surface area is 64.9 Å². The molecule has 0 radical (unpaired) electrons. The molecule has 0 aliphatic heterocycles. The second-order valence-corrected chi connectivity index (χ2v) is 3.77. The fourth-order valence-electron chi connectivity index (χ4n) is 0.353. The monoisotopic (exact) mass is 208 g/mol. The summed E-state index contributed by atoms with van der Waals surface area (Å²) in [6.07, 6.45) is -0.0130. The normalized spacial score (nSPS) is 14.8. The Morgan fingerprint density at radius 1 is 1.55 bits per heavy atom. The molecule has 1 atom stereocenters. The summed E-state index contributed by atoms with van der Waals surface area (Å²) >= 11 is -2.01. The van der Waals surface area contributed by atoms with Gasteiger partial charge in [0.05, 0.1) is 12.4 Å². The molecule has 0 saturated carbocycles. The summed E-state index contributed by atoms with van der Waals surface area (Å²) in [4.78, 5) is 0. The molecular weight excluding hydrogens is 201 g/mol. The van der Waals surface area contributed by atoms with Crippen LogP contribution in [0, 0.1) is 0 Å². The lowest BCUT2D eigenvalue weighted by Crippen LogP contribution is -1.98. The third-order valence-corrected chi connectivity index (χ3v) is 1.83. The summed E-state index contributed by atoms with van der Waals surface area (Å²) < 4.78 is 54.1. The van der Waals surface area contributed by atoms with E-state index in [1.807, 2.05) is 0 Å². The molecule has 0 saturated heterocycles. The maximum absolute atomic E-state index is 11.4. The molecule has 0 bridgehead atoms. The van der Waals surface area contributed by atoms with Crippen molar-refractivity contribution >= 4 is 19.1 Å². The first-order valence-corrected chi connectivity index (χ1v) is 5.31. The maximum Gasteiger partial charge on any atom is 0.551 e. The first kappa shape index (κ1) is 11.2. The van der Waals surface area contributed by atoms with Crippen LogP contribution in [-0.4, -0.2) is 21.1 Å². The van der Waals surface area contributed by atoms with E-state index in [1.165, 1.54) is 0 Å². The van der Waals surface area contributed by atoms with Gasteiger partial charge in [0, 0.05) is 0 Å². The van der Waals surface area contributed by atoms with E-state index in [0.717, 1.165) is 0 Å². The Kier molecular flexibility index (Phi) is 4.99. The highest BCUT2D eigenvalue weighted by Crippen LogP contribution is 2.50. The van der Waals surface area contributed by atoms with Gasteiger partial charge in [-0.2, -0.15) is 0 Å². The highest BCUT2D eigenvalue weighted by Gasteiger charge is 2.19. The predicted octanol–water partition coefficient (Wildman–Crippen LogP) is 1.66. The van der Waals surface area contributed by atoms with E-state index in [2.05, 4.69) is 4.52 Å². The van der Waals surface area contributed by atoms with Crippen LogP contribution in [0.4, 0.5) is 8.39 Å². The number of hydrogen-bond donors (Lipinski definition) is 1. The van der Waals surface area contributed by atoms with Gasteiger partial charge in [-0.25, -0.2) is 8.77 Å². The van der Waals surface area contributed by atoms with Gasteiger partial charge in [-0.3, -0.25) is 4.52 Å². The van der Waals surface area contributed by atoms with E-state index in [-0.39, 0.29) is 12.2 Å². The zero-order chi connectivity index (χ0) is 8.91. The topological polar surface area (TPSA) is 63.6 Å². The van der Waals surface area contributed by atoms with Crippen molar-refractivity contribution in [2.45, 2.75) is 6.42 Å². The number of rotatable bonds is 5. The Morgan fingerprint density at radius 2 is 2.09 bits per heavy atom. The molecule has 0 amide bonds. The average molecular weight is 208 g/mol. The Morgan fingerprint density at radius 3 is 2.45 bits per heavy atom. The summed E-state index contributed by atoms with van der Waals surface area (Å²) in [7, 11) is -5.41. The Hall–Kier alpha value is 0.160. The summed E-state index contributed by atoms with van der Waals surface area (Å²) in [5.74, 6) is -0.153. The van der Waals surface area contributed by atoms with Crippen LogP contribution >= 0.6 is 7.99 Å². The zero-order valence-corrected chi connectivity index (χ0v) is 7.12. The molecule has 0 aromatic carbocycles. The van der Waals surface area contributed by atoms with Crippen LogP contribution in [0.25, 0.3) is 0 Å². The van der Waals surface area contributed by atoms with Crippen LogP contribution in [0.15, 0.2) is 0 Å². The number of hydrogen-bond acceptors (Lipinski definition) is 3. The van der Waals surface area contributed by atoms with Crippen molar-refractivity contribution in [2.75, 3.05) is 12.4 Å². The quantitative estimate of drug-likeness (QED) is 0.424. The first-order valence-electron chi connectivity index (χ1n) is 2.63. The Balaban J connectivity index is 3.29. The minimum atomic E-state index is -5.41. The van der Waals surface area contributed by atoms with Crippen molar-refractivity contribution in [2.24, 2.45) is 0 Å². The minimum Gasteiger partial charge on any atom is -0.306 e. The van der Waals surface area contributed by atoms with Crippen molar-refractivity contribution in [3.63, 3.8) is 0 Å². The summed E-state index contributed by atoms with van der Waals surface area (Å²) in [6.45, 7) is -0.462. The summed E-state index contributed by atoms with van der Waals surface area (Å²) in [5.41, 5.74) is 0. The van der Waals surface area contributed by atoms with Gasteiger partial charge in [-0.15, -0.1) is 8.39 Å². The molecule has 68 valence electrons. The minimum absolute atomic E-state index is 0.0130. The molecule has 1 unspecified atom stereocenters. The third kappa shape index (κ3) is 10.2. The lowest BCUT2D eigenvalue weighted by atomic mass is 10.5. The molecule has 1 N–H and O–H groups in total. The van der Waals surface area contributed by atoms with E-state index in [9.17, 15) is 17.2 Å². The molecule has 0 aliphatic rings. The van der Waals surface area contributed by atoms with Crippen LogP contribution < -0.4 is 0 Å². The molecule has 0 fully saturated rings. The van der Waals surface area contributed by atoms with Gasteiger partial charge in [0.15, 0.2) is 11.1 Å². The van der Waals surface area contributed by atoms with Gasteiger partial charge in [-0.05, 0) is 6.42 Å². The average Bonchev–Trinajstić information content (AvgIpc) is 1.78. The van der Waals surface area contributed by atoms with E-state index < -0.39 is 25.7 Å². The van der Waals surface area contributed by atoms with Crippen molar-refractivity contribution in [3.8, 4) is 0 Å². The van der Waals surface area contributed by atoms with E-state index in [1.54, 1.807) is 0 Å². The van der Waals surface area contributed by atoms with Gasteiger partial charge >= 0.3 is 7.99 Å². The Bertz CT molecular complexity index is 180. The molecule has 0 aromatic heterocycles. The highest BCUT2D eigenvalue weighted by atomic mass is 32.2. The lowest BCUT2D eigenvalue weighted by Gasteiger charge is -1.98. The van der Waals surface area contributed by atoms with Crippen LogP contribution in [0.5, 0.6) is 0 Å². The molecule has 0 aliphatic carbocycles. The van der Waals surface area contributed by atoms with Crippen molar-refractivity contribution in [3.05, 3.63) is 0 Å². The molecule has 0 aromatic rings. The van der Waals surface area contributed by atoms with Crippen molar-refractivity contribution in [1.29, 1.82) is 0 Å². The fourth-order valence-corrected chi connectivity index (χ4v) is 1.06. The molecule has 4 nitrogen and oxygen atoms in total. The number of halogens is 2. The predicted molar refractivity (Wildman–Crippen MR) is 36.0 cm³/mol. The molecule has 8 heteroatoms. The highest BCUT2D eigenvalue weighted by molar-refractivity contribution is 7.79.